The summed E-state index contributed by atoms with van der Waals surface area (Å²) in [6, 6.07) is 8.58. The third kappa shape index (κ3) is 3.53. The highest BCUT2D eigenvalue weighted by Gasteiger charge is 2.34. The molecule has 1 fully saturated rings. The molecule has 1 aromatic rings. The molecule has 0 saturated carbocycles. The first-order chi connectivity index (χ1) is 9.99. The molecule has 0 bridgehead atoms. The maximum Gasteiger partial charge on any atom is 0.336 e. The number of hydrogen-bond donors (Lipinski definition) is 0. The van der Waals surface area contributed by atoms with Crippen LogP contribution in [0.5, 0.6) is 0 Å². The molecule has 1 atom stereocenters. The van der Waals surface area contributed by atoms with Gasteiger partial charge >= 0.3 is 5.97 Å². The summed E-state index contributed by atoms with van der Waals surface area (Å²) in [7, 11) is 0. The van der Waals surface area contributed by atoms with Crippen LogP contribution >= 0.6 is 0 Å². The van der Waals surface area contributed by atoms with Crippen LogP contribution in [0.15, 0.2) is 30.3 Å². The van der Waals surface area contributed by atoms with Crippen LogP contribution in [0.3, 0.4) is 0 Å². The number of hydroxylamine groups is 2. The first-order valence-corrected chi connectivity index (χ1v) is 6.65. The zero-order valence-electron chi connectivity index (χ0n) is 11.6. The van der Waals surface area contributed by atoms with Crippen molar-refractivity contribution in [2.24, 2.45) is 5.92 Å². The molecule has 0 radical (unpaired) electrons. The average Bonchev–Trinajstić information content (AvgIpc) is 2.79. The fourth-order valence-corrected chi connectivity index (χ4v) is 1.94. The number of Topliss-reactive ketones (excluding diaryl/α,β-unsaturated/α-hetero) is 1. The molecule has 6 nitrogen and oxygen atoms in total. The summed E-state index contributed by atoms with van der Waals surface area (Å²) in [4.78, 5) is 51.3. The van der Waals surface area contributed by atoms with Gasteiger partial charge in [-0.15, -0.1) is 5.06 Å². The van der Waals surface area contributed by atoms with Gasteiger partial charge in [0.1, 0.15) is 0 Å². The highest BCUT2D eigenvalue weighted by atomic mass is 16.7. The summed E-state index contributed by atoms with van der Waals surface area (Å²) in [5.41, 5.74) is 0.505. The first kappa shape index (κ1) is 14.9. The van der Waals surface area contributed by atoms with E-state index in [1.807, 2.05) is 0 Å². The zero-order valence-corrected chi connectivity index (χ0v) is 11.6. The topological polar surface area (TPSA) is 80.8 Å². The molecular weight excluding hydrogens is 274 g/mol. The number of carbonyl (C=O) groups excluding carboxylic acids is 4. The Labute approximate surface area is 121 Å². The minimum absolute atomic E-state index is 0.0426. The van der Waals surface area contributed by atoms with E-state index in [1.165, 1.54) is 6.92 Å². The minimum Gasteiger partial charge on any atom is -0.330 e. The van der Waals surface area contributed by atoms with Crippen molar-refractivity contribution >= 4 is 23.6 Å². The van der Waals surface area contributed by atoms with Gasteiger partial charge in [0, 0.05) is 24.8 Å². The van der Waals surface area contributed by atoms with E-state index >= 15 is 0 Å². The van der Waals surface area contributed by atoms with E-state index in [9.17, 15) is 19.2 Å². The third-order valence-electron chi connectivity index (χ3n) is 3.18. The maximum atomic E-state index is 12.0. The second kappa shape index (κ2) is 6.30. The van der Waals surface area contributed by atoms with E-state index in [0.29, 0.717) is 10.6 Å². The van der Waals surface area contributed by atoms with Crippen molar-refractivity contribution in [3.8, 4) is 0 Å². The molecule has 1 heterocycles. The van der Waals surface area contributed by atoms with Crippen molar-refractivity contribution < 1.29 is 24.0 Å². The Balaban J connectivity index is 1.92. The number of benzene rings is 1. The minimum atomic E-state index is -0.761. The van der Waals surface area contributed by atoms with E-state index in [4.69, 9.17) is 4.84 Å². The van der Waals surface area contributed by atoms with Crippen molar-refractivity contribution in [3.63, 3.8) is 0 Å². The van der Waals surface area contributed by atoms with E-state index in [1.54, 1.807) is 30.3 Å². The number of amides is 2. The first-order valence-electron chi connectivity index (χ1n) is 6.65. The molecule has 1 aromatic carbocycles. The van der Waals surface area contributed by atoms with Gasteiger partial charge in [0.15, 0.2) is 5.78 Å². The van der Waals surface area contributed by atoms with Gasteiger partial charge in [0.2, 0.25) is 0 Å². The van der Waals surface area contributed by atoms with Gasteiger partial charge in [-0.2, -0.15) is 0 Å². The number of carbonyl (C=O) groups is 4. The number of hydrogen-bond acceptors (Lipinski definition) is 5. The van der Waals surface area contributed by atoms with E-state index in [0.717, 1.165) is 0 Å². The maximum absolute atomic E-state index is 12.0. The summed E-state index contributed by atoms with van der Waals surface area (Å²) in [5, 5.41) is 0.492. The highest BCUT2D eigenvalue weighted by Crippen LogP contribution is 2.16. The largest absolute Gasteiger partial charge is 0.336 e. The van der Waals surface area contributed by atoms with Crippen LogP contribution in [-0.2, 0) is 19.2 Å². The molecule has 6 heteroatoms. The molecular formula is C15H15NO5. The lowest BCUT2D eigenvalue weighted by Gasteiger charge is -2.15. The summed E-state index contributed by atoms with van der Waals surface area (Å²) in [5.74, 6) is -2.76. The van der Waals surface area contributed by atoms with Crippen LogP contribution in [0.4, 0.5) is 0 Å². The fourth-order valence-electron chi connectivity index (χ4n) is 1.94. The monoisotopic (exact) mass is 289 g/mol. The van der Waals surface area contributed by atoms with Crippen LogP contribution in [0, 0.1) is 5.92 Å². The molecule has 0 aliphatic carbocycles. The number of imide groups is 1. The van der Waals surface area contributed by atoms with Crippen LogP contribution in [0.25, 0.3) is 0 Å². The predicted molar refractivity (Wildman–Crippen MR) is 71.7 cm³/mol. The average molecular weight is 289 g/mol. The van der Waals surface area contributed by atoms with Crippen LogP contribution in [0.1, 0.15) is 36.5 Å². The van der Waals surface area contributed by atoms with Crippen molar-refractivity contribution in [1.82, 2.24) is 5.06 Å². The second-order valence-corrected chi connectivity index (χ2v) is 4.89. The normalized spacial score (nSPS) is 16.0. The van der Waals surface area contributed by atoms with Crippen molar-refractivity contribution in [2.75, 3.05) is 0 Å². The van der Waals surface area contributed by atoms with Gasteiger partial charge in [-0.3, -0.25) is 14.4 Å². The lowest BCUT2D eigenvalue weighted by Crippen LogP contribution is -2.34. The third-order valence-corrected chi connectivity index (χ3v) is 3.18. The Morgan fingerprint density at radius 3 is 2.29 bits per heavy atom. The molecule has 0 spiro atoms. The summed E-state index contributed by atoms with van der Waals surface area (Å²) in [6.07, 6.45) is 0.0476. The Morgan fingerprint density at radius 1 is 1.14 bits per heavy atom. The molecule has 1 aliphatic heterocycles. The predicted octanol–water partition coefficient (Wildman–Crippen LogP) is 1.50. The van der Waals surface area contributed by atoms with Gasteiger partial charge in [0.05, 0.1) is 5.92 Å². The zero-order chi connectivity index (χ0) is 15.4. The summed E-state index contributed by atoms with van der Waals surface area (Å²) < 4.78 is 0. The van der Waals surface area contributed by atoms with Gasteiger partial charge in [-0.1, -0.05) is 37.3 Å². The van der Waals surface area contributed by atoms with Crippen LogP contribution < -0.4 is 0 Å². The van der Waals surface area contributed by atoms with Gasteiger partial charge in [-0.05, 0) is 0 Å². The van der Waals surface area contributed by atoms with Crippen molar-refractivity contribution in [3.05, 3.63) is 35.9 Å². The van der Waals surface area contributed by atoms with Gasteiger partial charge in [-0.25, -0.2) is 4.79 Å². The van der Waals surface area contributed by atoms with Crippen LogP contribution in [0.2, 0.25) is 0 Å². The van der Waals surface area contributed by atoms with E-state index in [-0.39, 0.29) is 25.0 Å². The Morgan fingerprint density at radius 2 is 1.71 bits per heavy atom. The lowest BCUT2D eigenvalue weighted by molar-refractivity contribution is -0.200. The Bertz CT molecular complexity index is 565. The second-order valence-electron chi connectivity index (χ2n) is 4.89. The highest BCUT2D eigenvalue weighted by molar-refractivity contribution is 6.02. The van der Waals surface area contributed by atoms with Gasteiger partial charge in [0.25, 0.3) is 11.8 Å². The Hall–Kier alpha value is -2.50. The number of rotatable bonds is 5. The molecule has 21 heavy (non-hydrogen) atoms. The van der Waals surface area contributed by atoms with Crippen LogP contribution in [-0.4, -0.2) is 28.6 Å². The number of ketones is 1. The standard InChI is InChI=1S/C15H15NO5/c1-10(9-12(17)11-5-3-2-4-6-11)15(20)21-16-13(18)7-8-14(16)19/h2-6,10H,7-9H2,1H3. The van der Waals surface area contributed by atoms with E-state index in [2.05, 4.69) is 0 Å². The molecule has 0 aromatic heterocycles. The Kier molecular flexibility index (Phi) is 4.47. The fraction of sp³-hybridized carbons (Fsp3) is 0.333. The number of nitrogens with zero attached hydrogens (tertiary/aromatic N) is 1. The smallest absolute Gasteiger partial charge is 0.330 e. The molecule has 2 rings (SSSR count). The molecule has 1 aliphatic rings. The quantitative estimate of drug-likeness (QED) is 0.606. The summed E-state index contributed by atoms with van der Waals surface area (Å²) >= 11 is 0. The van der Waals surface area contributed by atoms with Crippen molar-refractivity contribution in [2.45, 2.75) is 26.2 Å². The summed E-state index contributed by atoms with van der Waals surface area (Å²) in [6.45, 7) is 1.52. The molecule has 1 saturated heterocycles. The molecule has 110 valence electrons. The lowest BCUT2D eigenvalue weighted by atomic mass is 10.00. The molecule has 0 N–H and O–H groups in total. The molecule has 2 amide bonds. The SMILES string of the molecule is CC(CC(=O)c1ccccc1)C(=O)ON1C(=O)CCC1=O. The van der Waals surface area contributed by atoms with Crippen molar-refractivity contribution in [1.29, 1.82) is 0 Å². The van der Waals surface area contributed by atoms with E-state index < -0.39 is 23.7 Å². The molecule has 1 unspecified atom stereocenters. The van der Waals surface area contributed by atoms with Gasteiger partial charge < -0.3 is 4.84 Å².